The summed E-state index contributed by atoms with van der Waals surface area (Å²) in [4.78, 5) is 11.4. The molecule has 0 spiro atoms. The summed E-state index contributed by atoms with van der Waals surface area (Å²) in [6.45, 7) is 0.790. The Labute approximate surface area is 116 Å². The zero-order valence-corrected chi connectivity index (χ0v) is 11.5. The van der Waals surface area contributed by atoms with E-state index in [1.807, 2.05) is 0 Å². The van der Waals surface area contributed by atoms with Crippen molar-refractivity contribution in [1.29, 1.82) is 0 Å². The number of amides is 1. The molecule has 1 aromatic rings. The van der Waals surface area contributed by atoms with Gasteiger partial charge in [-0.25, -0.2) is 4.39 Å². The van der Waals surface area contributed by atoms with Crippen LogP contribution in [0, 0.1) is 5.82 Å². The molecule has 104 valence electrons. The average Bonchev–Trinajstić information content (AvgIpc) is 2.40. The molecule has 0 aliphatic rings. The van der Waals surface area contributed by atoms with E-state index in [1.165, 1.54) is 18.2 Å². The molecule has 0 heterocycles. The molecule has 0 saturated heterocycles. The molecule has 1 aromatic carbocycles. The second-order valence-electron chi connectivity index (χ2n) is 3.87. The highest BCUT2D eigenvalue weighted by atomic mass is 32.2. The SMILES string of the molecule is O=C(/C=C/c1cccc(F)c1)NCCSCCCO. The van der Waals surface area contributed by atoms with Gasteiger partial charge in [-0.15, -0.1) is 0 Å². The van der Waals surface area contributed by atoms with Gasteiger partial charge < -0.3 is 10.4 Å². The fourth-order valence-corrected chi connectivity index (χ4v) is 2.14. The van der Waals surface area contributed by atoms with E-state index in [-0.39, 0.29) is 18.3 Å². The molecule has 0 radical (unpaired) electrons. The molecule has 5 heteroatoms. The van der Waals surface area contributed by atoms with Crippen LogP contribution in [0.3, 0.4) is 0 Å². The zero-order valence-electron chi connectivity index (χ0n) is 10.6. The van der Waals surface area contributed by atoms with Crippen LogP contribution in [-0.2, 0) is 4.79 Å². The predicted octanol–water partition coefficient (Wildman–Crippen LogP) is 2.07. The first-order valence-electron chi connectivity index (χ1n) is 6.12. The monoisotopic (exact) mass is 283 g/mol. The van der Waals surface area contributed by atoms with Crippen molar-refractivity contribution in [3.05, 3.63) is 41.7 Å². The number of halogens is 1. The van der Waals surface area contributed by atoms with Crippen LogP contribution >= 0.6 is 11.8 Å². The van der Waals surface area contributed by atoms with Gasteiger partial charge in [-0.3, -0.25) is 4.79 Å². The molecule has 0 atom stereocenters. The van der Waals surface area contributed by atoms with Crippen LogP contribution in [0.2, 0.25) is 0 Å². The number of hydrogen-bond donors (Lipinski definition) is 2. The molecule has 0 bridgehead atoms. The highest BCUT2D eigenvalue weighted by molar-refractivity contribution is 7.99. The van der Waals surface area contributed by atoms with Crippen LogP contribution in [0.1, 0.15) is 12.0 Å². The summed E-state index contributed by atoms with van der Waals surface area (Å²) in [6, 6.07) is 6.07. The third kappa shape index (κ3) is 7.64. The van der Waals surface area contributed by atoms with Crippen molar-refractivity contribution in [2.24, 2.45) is 0 Å². The molecule has 0 saturated carbocycles. The Bertz CT molecular complexity index is 424. The van der Waals surface area contributed by atoms with E-state index in [9.17, 15) is 9.18 Å². The summed E-state index contributed by atoms with van der Waals surface area (Å²) in [7, 11) is 0. The number of carbonyl (C=O) groups is 1. The highest BCUT2D eigenvalue weighted by Gasteiger charge is 1.96. The van der Waals surface area contributed by atoms with Crippen LogP contribution in [0.15, 0.2) is 30.3 Å². The maximum Gasteiger partial charge on any atom is 0.244 e. The molecule has 3 nitrogen and oxygen atoms in total. The van der Waals surface area contributed by atoms with Crippen molar-refractivity contribution >= 4 is 23.7 Å². The van der Waals surface area contributed by atoms with Crippen LogP contribution in [0.4, 0.5) is 4.39 Å². The first kappa shape index (κ1) is 15.7. The van der Waals surface area contributed by atoms with Gasteiger partial charge in [0.05, 0.1) is 0 Å². The zero-order chi connectivity index (χ0) is 13.9. The number of thioether (sulfide) groups is 1. The van der Waals surface area contributed by atoms with Gasteiger partial charge in [-0.2, -0.15) is 11.8 Å². The Balaban J connectivity index is 2.20. The standard InChI is InChI=1S/C14H18FNO2S/c15-13-4-1-3-12(11-13)5-6-14(18)16-7-10-19-9-2-8-17/h1,3-6,11,17H,2,7-10H2,(H,16,18)/b6-5+. The number of rotatable bonds is 8. The smallest absolute Gasteiger partial charge is 0.244 e. The topological polar surface area (TPSA) is 49.3 Å². The maximum absolute atomic E-state index is 12.9. The molecular weight excluding hydrogens is 265 g/mol. The molecule has 0 aliphatic heterocycles. The number of benzene rings is 1. The van der Waals surface area contributed by atoms with Gasteiger partial charge in [0.15, 0.2) is 0 Å². The summed E-state index contributed by atoms with van der Waals surface area (Å²) in [5, 5.41) is 11.3. The second-order valence-corrected chi connectivity index (χ2v) is 5.09. The minimum atomic E-state index is -0.317. The van der Waals surface area contributed by atoms with Gasteiger partial charge in [0.25, 0.3) is 0 Å². The summed E-state index contributed by atoms with van der Waals surface area (Å²) in [6.07, 6.45) is 3.75. The Kier molecular flexibility index (Phi) is 7.93. The molecule has 0 fully saturated rings. The lowest BCUT2D eigenvalue weighted by atomic mass is 10.2. The Morgan fingerprint density at radius 1 is 1.42 bits per heavy atom. The van der Waals surface area contributed by atoms with E-state index in [4.69, 9.17) is 5.11 Å². The summed E-state index contributed by atoms with van der Waals surface area (Å²) in [5.41, 5.74) is 0.660. The molecule has 0 aromatic heterocycles. The molecule has 1 rings (SSSR count). The van der Waals surface area contributed by atoms with E-state index in [0.29, 0.717) is 12.1 Å². The molecule has 0 aliphatic carbocycles. The summed E-state index contributed by atoms with van der Waals surface area (Å²) >= 11 is 1.69. The Hall–Kier alpha value is -1.33. The van der Waals surface area contributed by atoms with Gasteiger partial charge in [0, 0.05) is 25.0 Å². The number of nitrogens with one attached hydrogen (secondary N) is 1. The van der Waals surface area contributed by atoms with Gasteiger partial charge in [-0.05, 0) is 35.9 Å². The van der Waals surface area contributed by atoms with Gasteiger partial charge in [0.2, 0.25) is 5.91 Å². The highest BCUT2D eigenvalue weighted by Crippen LogP contribution is 2.05. The Morgan fingerprint density at radius 3 is 3.00 bits per heavy atom. The van der Waals surface area contributed by atoms with Crippen molar-refractivity contribution in [2.45, 2.75) is 6.42 Å². The molecule has 1 amide bonds. The van der Waals surface area contributed by atoms with Crippen molar-refractivity contribution in [3.8, 4) is 0 Å². The van der Waals surface area contributed by atoms with Crippen LogP contribution in [0.25, 0.3) is 6.08 Å². The lowest BCUT2D eigenvalue weighted by Gasteiger charge is -2.01. The molecule has 0 unspecified atom stereocenters. The molecular formula is C14H18FNO2S. The van der Waals surface area contributed by atoms with Crippen LogP contribution in [0.5, 0.6) is 0 Å². The van der Waals surface area contributed by atoms with Crippen LogP contribution < -0.4 is 5.32 Å². The predicted molar refractivity (Wildman–Crippen MR) is 77.5 cm³/mol. The van der Waals surface area contributed by atoms with Crippen molar-refractivity contribution < 1.29 is 14.3 Å². The third-order valence-electron chi connectivity index (χ3n) is 2.27. The number of aliphatic hydroxyl groups is 1. The fraction of sp³-hybridized carbons (Fsp3) is 0.357. The van der Waals surface area contributed by atoms with Crippen molar-refractivity contribution in [1.82, 2.24) is 5.32 Å². The van der Waals surface area contributed by atoms with E-state index in [1.54, 1.807) is 30.0 Å². The van der Waals surface area contributed by atoms with E-state index < -0.39 is 0 Å². The Morgan fingerprint density at radius 2 is 2.26 bits per heavy atom. The van der Waals surface area contributed by atoms with Gasteiger partial charge in [-0.1, -0.05) is 12.1 Å². The first-order valence-corrected chi connectivity index (χ1v) is 7.28. The molecule has 2 N–H and O–H groups in total. The third-order valence-corrected chi connectivity index (χ3v) is 3.34. The van der Waals surface area contributed by atoms with Crippen molar-refractivity contribution in [3.63, 3.8) is 0 Å². The lowest BCUT2D eigenvalue weighted by molar-refractivity contribution is -0.116. The summed E-state index contributed by atoms with van der Waals surface area (Å²) in [5.74, 6) is 1.21. The van der Waals surface area contributed by atoms with E-state index in [2.05, 4.69) is 5.32 Å². The minimum Gasteiger partial charge on any atom is -0.396 e. The number of hydrogen-bond acceptors (Lipinski definition) is 3. The first-order chi connectivity index (χ1) is 9.22. The van der Waals surface area contributed by atoms with E-state index >= 15 is 0 Å². The quantitative estimate of drug-likeness (QED) is 0.567. The maximum atomic E-state index is 12.9. The lowest BCUT2D eigenvalue weighted by Crippen LogP contribution is -2.23. The van der Waals surface area contributed by atoms with Gasteiger partial charge in [0.1, 0.15) is 5.82 Å². The molecule has 19 heavy (non-hydrogen) atoms. The summed E-state index contributed by atoms with van der Waals surface area (Å²) < 4.78 is 12.9. The second kappa shape index (κ2) is 9.58. The fourth-order valence-electron chi connectivity index (χ4n) is 1.36. The van der Waals surface area contributed by atoms with E-state index in [0.717, 1.165) is 17.9 Å². The van der Waals surface area contributed by atoms with Crippen LogP contribution in [-0.4, -0.2) is 35.7 Å². The largest absolute Gasteiger partial charge is 0.396 e. The number of carbonyl (C=O) groups excluding carboxylic acids is 1. The average molecular weight is 283 g/mol. The number of aliphatic hydroxyl groups excluding tert-OH is 1. The van der Waals surface area contributed by atoms with Crippen molar-refractivity contribution in [2.75, 3.05) is 24.7 Å². The minimum absolute atomic E-state index is 0.188. The van der Waals surface area contributed by atoms with Gasteiger partial charge >= 0.3 is 0 Å². The normalized spacial score (nSPS) is 10.8.